The molecule has 0 radical (unpaired) electrons. The van der Waals surface area contributed by atoms with Gasteiger partial charge in [-0.2, -0.15) is 9.40 Å². The third-order valence-corrected chi connectivity index (χ3v) is 7.58. The van der Waals surface area contributed by atoms with Crippen LogP contribution in [0.25, 0.3) is 17.1 Å². The molecule has 0 bridgehead atoms. The number of pyridine rings is 1. The second-order valence-corrected chi connectivity index (χ2v) is 10.9. The van der Waals surface area contributed by atoms with Crippen molar-refractivity contribution in [3.63, 3.8) is 0 Å². The second kappa shape index (κ2) is 9.68. The molecule has 1 aliphatic rings. The van der Waals surface area contributed by atoms with Crippen LogP contribution in [0.1, 0.15) is 61.3 Å². The number of carbonyl (C=O) groups excluding carboxylic acids is 1. The Morgan fingerprint density at radius 2 is 1.71 bits per heavy atom. The van der Waals surface area contributed by atoms with E-state index in [1.165, 1.54) is 9.71 Å². The predicted octanol–water partition coefficient (Wildman–Crippen LogP) is 3.89. The minimum Gasteiger partial charge on any atom is -0.336 e. The standard InChI is InChI=1S/C25H31N5O3S/c1-18(2)23-16-21(22-17-26-30(19(3)4)24(22)27-23)25(31)28-11-13-29(14-12-28)34(32,33)15-10-20-8-6-5-7-9-20/h5-10,15-19H,11-14H2,1-4H3. The Balaban J connectivity index is 1.53. The van der Waals surface area contributed by atoms with Gasteiger partial charge in [-0.25, -0.2) is 18.1 Å². The zero-order chi connectivity index (χ0) is 24.5. The third kappa shape index (κ3) is 4.90. The lowest BCUT2D eigenvalue weighted by Gasteiger charge is -2.33. The molecule has 3 heterocycles. The lowest BCUT2D eigenvalue weighted by Crippen LogP contribution is -2.50. The Labute approximate surface area is 200 Å². The number of carbonyl (C=O) groups is 1. The molecule has 3 aromatic rings. The summed E-state index contributed by atoms with van der Waals surface area (Å²) in [6, 6.07) is 11.3. The number of aromatic nitrogens is 3. The van der Waals surface area contributed by atoms with E-state index in [1.54, 1.807) is 17.2 Å². The maximum absolute atomic E-state index is 13.5. The average molecular weight is 482 g/mol. The molecule has 1 saturated heterocycles. The highest BCUT2D eigenvalue weighted by Crippen LogP contribution is 2.26. The van der Waals surface area contributed by atoms with Crippen LogP contribution < -0.4 is 0 Å². The molecule has 8 nitrogen and oxygen atoms in total. The van der Waals surface area contributed by atoms with Crippen molar-refractivity contribution < 1.29 is 13.2 Å². The fourth-order valence-corrected chi connectivity index (χ4v) is 5.19. The molecule has 1 aliphatic heterocycles. The molecule has 1 aromatic carbocycles. The van der Waals surface area contributed by atoms with E-state index in [1.807, 2.05) is 68.8 Å². The number of sulfonamides is 1. The summed E-state index contributed by atoms with van der Waals surface area (Å²) in [5.74, 6) is 0.0411. The van der Waals surface area contributed by atoms with Crippen LogP contribution in [0.15, 0.2) is 48.0 Å². The van der Waals surface area contributed by atoms with Crippen molar-refractivity contribution in [2.45, 2.75) is 39.7 Å². The number of piperazine rings is 1. The molecule has 0 N–H and O–H groups in total. The highest BCUT2D eigenvalue weighted by Gasteiger charge is 2.29. The van der Waals surface area contributed by atoms with Crippen molar-refractivity contribution in [3.8, 4) is 0 Å². The van der Waals surface area contributed by atoms with Gasteiger partial charge in [0.15, 0.2) is 5.65 Å². The molecule has 4 rings (SSSR count). The molecule has 0 spiro atoms. The van der Waals surface area contributed by atoms with Crippen molar-refractivity contribution in [1.29, 1.82) is 0 Å². The minimum absolute atomic E-state index is 0.116. The monoisotopic (exact) mass is 481 g/mol. The van der Waals surface area contributed by atoms with Gasteiger partial charge in [0.05, 0.1) is 17.1 Å². The minimum atomic E-state index is -3.56. The molecule has 1 amide bonds. The van der Waals surface area contributed by atoms with Crippen molar-refractivity contribution in [3.05, 3.63) is 64.8 Å². The number of rotatable bonds is 6. The maximum Gasteiger partial charge on any atom is 0.254 e. The summed E-state index contributed by atoms with van der Waals surface area (Å²) in [4.78, 5) is 20.0. The summed E-state index contributed by atoms with van der Waals surface area (Å²) in [6.07, 6.45) is 3.30. The van der Waals surface area contributed by atoms with Crippen LogP contribution in [0.5, 0.6) is 0 Å². The van der Waals surface area contributed by atoms with E-state index >= 15 is 0 Å². The van der Waals surface area contributed by atoms with E-state index in [0.717, 1.165) is 16.6 Å². The lowest BCUT2D eigenvalue weighted by molar-refractivity contribution is 0.0700. The van der Waals surface area contributed by atoms with Crippen molar-refractivity contribution in [2.75, 3.05) is 26.2 Å². The Hall–Kier alpha value is -3.04. The summed E-state index contributed by atoms with van der Waals surface area (Å²) < 4.78 is 28.8. The highest BCUT2D eigenvalue weighted by molar-refractivity contribution is 7.92. The number of fused-ring (bicyclic) bond motifs is 1. The van der Waals surface area contributed by atoms with Gasteiger partial charge >= 0.3 is 0 Å². The summed E-state index contributed by atoms with van der Waals surface area (Å²) >= 11 is 0. The van der Waals surface area contributed by atoms with Gasteiger partial charge in [0, 0.05) is 43.3 Å². The molecule has 180 valence electrons. The van der Waals surface area contributed by atoms with Crippen LogP contribution in [0.2, 0.25) is 0 Å². The topological polar surface area (TPSA) is 88.4 Å². The molecule has 0 unspecified atom stereocenters. The summed E-state index contributed by atoms with van der Waals surface area (Å²) in [5.41, 5.74) is 2.94. The Kier molecular flexibility index (Phi) is 6.86. The first-order valence-corrected chi connectivity index (χ1v) is 13.1. The van der Waals surface area contributed by atoms with Crippen molar-refractivity contribution >= 4 is 33.0 Å². The van der Waals surface area contributed by atoms with Crippen LogP contribution in [-0.4, -0.2) is 64.5 Å². The molecule has 0 aliphatic carbocycles. The normalized spacial score (nSPS) is 15.8. The van der Waals surface area contributed by atoms with Gasteiger partial charge in [-0.15, -0.1) is 0 Å². The number of hydrogen-bond acceptors (Lipinski definition) is 5. The van der Waals surface area contributed by atoms with E-state index in [-0.39, 0.29) is 31.0 Å². The van der Waals surface area contributed by atoms with Gasteiger partial charge in [-0.05, 0) is 37.5 Å². The van der Waals surface area contributed by atoms with Crippen LogP contribution >= 0.6 is 0 Å². The van der Waals surface area contributed by atoms with E-state index in [4.69, 9.17) is 4.98 Å². The zero-order valence-electron chi connectivity index (χ0n) is 20.0. The van der Waals surface area contributed by atoms with Crippen molar-refractivity contribution in [1.82, 2.24) is 24.0 Å². The van der Waals surface area contributed by atoms with Crippen LogP contribution in [-0.2, 0) is 10.0 Å². The Morgan fingerprint density at radius 1 is 1.03 bits per heavy atom. The predicted molar refractivity (Wildman–Crippen MR) is 134 cm³/mol. The van der Waals surface area contributed by atoms with E-state index in [9.17, 15) is 13.2 Å². The largest absolute Gasteiger partial charge is 0.336 e. The number of benzene rings is 1. The SMILES string of the molecule is CC(C)c1cc(C(=O)N2CCN(S(=O)(=O)C=Cc3ccccc3)CC2)c2cnn(C(C)C)c2n1. The van der Waals surface area contributed by atoms with Gasteiger partial charge in [-0.3, -0.25) is 4.79 Å². The quantitative estimate of drug-likeness (QED) is 0.533. The molecular formula is C25H31N5O3S. The van der Waals surface area contributed by atoms with Crippen LogP contribution in [0.4, 0.5) is 0 Å². The fraction of sp³-hybridized carbons (Fsp3) is 0.400. The van der Waals surface area contributed by atoms with Gasteiger partial charge < -0.3 is 4.90 Å². The molecule has 1 fully saturated rings. The van der Waals surface area contributed by atoms with Crippen molar-refractivity contribution in [2.24, 2.45) is 0 Å². The number of hydrogen-bond donors (Lipinski definition) is 0. The lowest BCUT2D eigenvalue weighted by atomic mass is 10.0. The smallest absolute Gasteiger partial charge is 0.254 e. The summed E-state index contributed by atoms with van der Waals surface area (Å²) in [7, 11) is -3.56. The Morgan fingerprint density at radius 3 is 2.32 bits per heavy atom. The third-order valence-electron chi connectivity index (χ3n) is 6.02. The zero-order valence-corrected chi connectivity index (χ0v) is 20.9. The molecule has 0 atom stereocenters. The molecule has 2 aromatic heterocycles. The van der Waals surface area contributed by atoms with Crippen LogP contribution in [0.3, 0.4) is 0 Å². The van der Waals surface area contributed by atoms with E-state index < -0.39 is 10.0 Å². The summed E-state index contributed by atoms with van der Waals surface area (Å²) in [5, 5.41) is 6.42. The summed E-state index contributed by atoms with van der Waals surface area (Å²) in [6.45, 7) is 9.32. The first kappa shape index (κ1) is 24.1. The second-order valence-electron chi connectivity index (χ2n) is 9.12. The Bertz CT molecular complexity index is 1310. The van der Waals surface area contributed by atoms with Crippen LogP contribution in [0, 0.1) is 0 Å². The van der Waals surface area contributed by atoms with E-state index in [2.05, 4.69) is 5.10 Å². The van der Waals surface area contributed by atoms with Gasteiger partial charge in [0.25, 0.3) is 5.91 Å². The van der Waals surface area contributed by atoms with E-state index in [0.29, 0.717) is 24.3 Å². The number of amides is 1. The fourth-order valence-electron chi connectivity index (χ4n) is 4.02. The first-order valence-electron chi connectivity index (χ1n) is 11.6. The maximum atomic E-state index is 13.5. The molecule has 0 saturated carbocycles. The van der Waals surface area contributed by atoms with Gasteiger partial charge in [-0.1, -0.05) is 44.2 Å². The molecule has 34 heavy (non-hydrogen) atoms. The van der Waals surface area contributed by atoms with Gasteiger partial charge in [0.2, 0.25) is 10.0 Å². The average Bonchev–Trinajstić information content (AvgIpc) is 3.27. The molecular weight excluding hydrogens is 450 g/mol. The highest BCUT2D eigenvalue weighted by atomic mass is 32.2. The first-order chi connectivity index (χ1) is 16.2. The number of nitrogens with zero attached hydrogens (tertiary/aromatic N) is 5. The molecule has 9 heteroatoms. The van der Waals surface area contributed by atoms with Gasteiger partial charge in [0.1, 0.15) is 0 Å².